The molecule has 0 aromatic heterocycles. The molecule has 2 rings (SSSR count). The molecule has 2 aliphatic rings. The molecule has 2 unspecified atom stereocenters. The SMILES string of the molecule is CCN1CC2CSCC(C1)C2N. The van der Waals surface area contributed by atoms with Gasteiger partial charge in [0.25, 0.3) is 0 Å². The smallest absolute Gasteiger partial charge is 0.0136 e. The van der Waals surface area contributed by atoms with Crippen LogP contribution < -0.4 is 5.73 Å². The number of thioether (sulfide) groups is 1. The maximum atomic E-state index is 6.16. The van der Waals surface area contributed by atoms with Crippen molar-refractivity contribution in [2.45, 2.75) is 13.0 Å². The summed E-state index contributed by atoms with van der Waals surface area (Å²) in [5, 5.41) is 0. The Morgan fingerprint density at radius 3 is 2.42 bits per heavy atom. The van der Waals surface area contributed by atoms with Crippen molar-refractivity contribution in [3.8, 4) is 0 Å². The first-order valence-electron chi connectivity index (χ1n) is 4.87. The summed E-state index contributed by atoms with van der Waals surface area (Å²) < 4.78 is 0. The van der Waals surface area contributed by atoms with Gasteiger partial charge in [-0.1, -0.05) is 6.92 Å². The summed E-state index contributed by atoms with van der Waals surface area (Å²) in [6.07, 6.45) is 0. The Labute approximate surface area is 78.9 Å². The van der Waals surface area contributed by atoms with Crippen LogP contribution in [-0.4, -0.2) is 42.1 Å². The van der Waals surface area contributed by atoms with Crippen LogP contribution in [0.1, 0.15) is 6.92 Å². The molecule has 0 aromatic rings. The Kier molecular flexibility index (Phi) is 2.63. The van der Waals surface area contributed by atoms with Gasteiger partial charge in [-0.25, -0.2) is 0 Å². The van der Waals surface area contributed by atoms with E-state index in [9.17, 15) is 0 Å². The quantitative estimate of drug-likeness (QED) is 0.651. The van der Waals surface area contributed by atoms with Crippen molar-refractivity contribution in [1.29, 1.82) is 0 Å². The van der Waals surface area contributed by atoms with Crippen molar-refractivity contribution in [1.82, 2.24) is 4.90 Å². The van der Waals surface area contributed by atoms with Gasteiger partial charge in [0.05, 0.1) is 0 Å². The average molecular weight is 186 g/mol. The molecule has 2 fully saturated rings. The van der Waals surface area contributed by atoms with E-state index in [1.807, 2.05) is 0 Å². The minimum Gasteiger partial charge on any atom is -0.327 e. The first-order chi connectivity index (χ1) is 5.81. The number of nitrogens with two attached hydrogens (primary N) is 1. The van der Waals surface area contributed by atoms with Crippen LogP contribution in [0.2, 0.25) is 0 Å². The van der Waals surface area contributed by atoms with E-state index >= 15 is 0 Å². The maximum absolute atomic E-state index is 6.16. The summed E-state index contributed by atoms with van der Waals surface area (Å²) >= 11 is 2.10. The molecule has 3 heteroatoms. The molecule has 2 aliphatic heterocycles. The van der Waals surface area contributed by atoms with Gasteiger partial charge in [0.2, 0.25) is 0 Å². The summed E-state index contributed by atoms with van der Waals surface area (Å²) in [4.78, 5) is 2.55. The van der Waals surface area contributed by atoms with Crippen molar-refractivity contribution in [3.63, 3.8) is 0 Å². The molecule has 0 saturated carbocycles. The fourth-order valence-corrected chi connectivity index (χ4v) is 3.72. The third-order valence-electron chi connectivity index (χ3n) is 3.19. The molecular formula is C9H18N2S. The average Bonchev–Trinajstić information content (AvgIpc) is 2.04. The van der Waals surface area contributed by atoms with Gasteiger partial charge >= 0.3 is 0 Å². The second-order valence-electron chi connectivity index (χ2n) is 3.99. The zero-order valence-electron chi connectivity index (χ0n) is 7.70. The van der Waals surface area contributed by atoms with Gasteiger partial charge in [0, 0.05) is 19.1 Å². The van der Waals surface area contributed by atoms with Crippen LogP contribution in [0.25, 0.3) is 0 Å². The number of fused-ring (bicyclic) bond motifs is 2. The van der Waals surface area contributed by atoms with Gasteiger partial charge in [-0.3, -0.25) is 0 Å². The van der Waals surface area contributed by atoms with Crippen LogP contribution in [-0.2, 0) is 0 Å². The van der Waals surface area contributed by atoms with Gasteiger partial charge in [0.1, 0.15) is 0 Å². The van der Waals surface area contributed by atoms with Crippen LogP contribution in [0.15, 0.2) is 0 Å². The molecule has 0 radical (unpaired) electrons. The van der Waals surface area contributed by atoms with E-state index in [1.54, 1.807) is 0 Å². The minimum absolute atomic E-state index is 0.494. The van der Waals surface area contributed by atoms with Gasteiger partial charge < -0.3 is 10.6 Å². The Morgan fingerprint density at radius 2 is 1.92 bits per heavy atom. The predicted molar refractivity (Wildman–Crippen MR) is 54.4 cm³/mol. The highest BCUT2D eigenvalue weighted by Gasteiger charge is 2.36. The van der Waals surface area contributed by atoms with E-state index in [0.29, 0.717) is 6.04 Å². The highest BCUT2D eigenvalue weighted by molar-refractivity contribution is 7.99. The Morgan fingerprint density at radius 1 is 1.33 bits per heavy atom. The fourth-order valence-electron chi connectivity index (χ4n) is 2.32. The Balaban J connectivity index is 2.02. The van der Waals surface area contributed by atoms with E-state index in [-0.39, 0.29) is 0 Å². The van der Waals surface area contributed by atoms with Crippen LogP contribution in [0.4, 0.5) is 0 Å². The van der Waals surface area contributed by atoms with Gasteiger partial charge in [0.15, 0.2) is 0 Å². The summed E-state index contributed by atoms with van der Waals surface area (Å²) in [7, 11) is 0. The van der Waals surface area contributed by atoms with Gasteiger partial charge in [-0.2, -0.15) is 11.8 Å². The van der Waals surface area contributed by atoms with Crippen molar-refractivity contribution < 1.29 is 0 Å². The van der Waals surface area contributed by atoms with E-state index in [4.69, 9.17) is 5.73 Å². The molecule has 2 N–H and O–H groups in total. The van der Waals surface area contributed by atoms with Crippen LogP contribution in [0.3, 0.4) is 0 Å². The van der Waals surface area contributed by atoms with Crippen LogP contribution in [0.5, 0.6) is 0 Å². The van der Waals surface area contributed by atoms with E-state index in [2.05, 4.69) is 23.6 Å². The lowest BCUT2D eigenvalue weighted by Gasteiger charge is -2.45. The number of likely N-dealkylation sites (tertiary alicyclic amines) is 1. The first kappa shape index (κ1) is 8.85. The number of piperidine rings is 1. The molecule has 0 aliphatic carbocycles. The second kappa shape index (κ2) is 3.56. The molecule has 0 aromatic carbocycles. The summed E-state index contributed by atoms with van der Waals surface area (Å²) in [5.74, 6) is 4.10. The third kappa shape index (κ3) is 1.50. The summed E-state index contributed by atoms with van der Waals surface area (Å²) in [6.45, 7) is 5.92. The Hall–Kier alpha value is 0.270. The molecule has 2 saturated heterocycles. The third-order valence-corrected chi connectivity index (χ3v) is 4.51. The molecule has 0 amide bonds. The normalized spacial score (nSPS) is 43.0. The lowest BCUT2D eigenvalue weighted by atomic mass is 9.86. The van der Waals surface area contributed by atoms with Crippen molar-refractivity contribution in [3.05, 3.63) is 0 Å². The summed E-state index contributed by atoms with van der Waals surface area (Å²) in [5.41, 5.74) is 6.16. The maximum Gasteiger partial charge on any atom is 0.0136 e. The zero-order valence-corrected chi connectivity index (χ0v) is 8.52. The van der Waals surface area contributed by atoms with Gasteiger partial charge in [-0.05, 0) is 29.9 Å². The molecule has 2 atom stereocenters. The number of nitrogens with zero attached hydrogens (tertiary/aromatic N) is 1. The number of hydrogen-bond donors (Lipinski definition) is 1. The molecule has 70 valence electrons. The van der Waals surface area contributed by atoms with Crippen molar-refractivity contribution in [2.24, 2.45) is 17.6 Å². The molecule has 2 bridgehead atoms. The fraction of sp³-hybridized carbons (Fsp3) is 1.00. The second-order valence-corrected chi connectivity index (χ2v) is 5.06. The lowest BCUT2D eigenvalue weighted by molar-refractivity contribution is 0.124. The van der Waals surface area contributed by atoms with Crippen LogP contribution >= 0.6 is 11.8 Å². The van der Waals surface area contributed by atoms with Crippen molar-refractivity contribution in [2.75, 3.05) is 31.1 Å². The standard InChI is InChI=1S/C9H18N2S/c1-2-11-3-7-5-12-6-8(4-11)9(7)10/h7-9H,2-6,10H2,1H3. The summed E-state index contributed by atoms with van der Waals surface area (Å²) in [6, 6.07) is 0.494. The van der Waals surface area contributed by atoms with Crippen molar-refractivity contribution >= 4 is 11.8 Å². The molecular weight excluding hydrogens is 168 g/mol. The van der Waals surface area contributed by atoms with E-state index in [1.165, 1.54) is 31.1 Å². The minimum atomic E-state index is 0.494. The lowest BCUT2D eigenvalue weighted by Crippen LogP contribution is -2.56. The molecule has 2 heterocycles. The number of hydrogen-bond acceptors (Lipinski definition) is 3. The monoisotopic (exact) mass is 186 g/mol. The molecule has 12 heavy (non-hydrogen) atoms. The molecule has 0 spiro atoms. The highest BCUT2D eigenvalue weighted by atomic mass is 32.2. The predicted octanol–water partition coefficient (Wildman–Crippen LogP) is 0.628. The zero-order chi connectivity index (χ0) is 8.55. The molecule has 2 nitrogen and oxygen atoms in total. The highest BCUT2D eigenvalue weighted by Crippen LogP contribution is 2.31. The first-order valence-corrected chi connectivity index (χ1v) is 6.02. The van der Waals surface area contributed by atoms with Crippen LogP contribution in [0, 0.1) is 11.8 Å². The van der Waals surface area contributed by atoms with Gasteiger partial charge in [-0.15, -0.1) is 0 Å². The Bertz CT molecular complexity index is 149. The van der Waals surface area contributed by atoms with E-state index in [0.717, 1.165) is 11.8 Å². The van der Waals surface area contributed by atoms with E-state index < -0.39 is 0 Å². The largest absolute Gasteiger partial charge is 0.327 e. The number of rotatable bonds is 1. The topological polar surface area (TPSA) is 29.3 Å².